The third-order valence-corrected chi connectivity index (χ3v) is 3.01. The minimum Gasteiger partial charge on any atom is -0.466 e. The number of unbranched alkanes of at least 4 members (excludes halogenated alkanes) is 1. The second-order valence-corrected chi connectivity index (χ2v) is 4.71. The second-order valence-electron chi connectivity index (χ2n) is 4.71. The molecule has 0 spiro atoms. The maximum atomic E-state index is 12.8. The van der Waals surface area contributed by atoms with Crippen molar-refractivity contribution in [2.45, 2.75) is 44.9 Å². The molecule has 0 aliphatic heterocycles. The topological polar surface area (TPSA) is 46.5 Å². The molecule has 0 aliphatic rings. The van der Waals surface area contributed by atoms with Gasteiger partial charge in [-0.25, -0.2) is 0 Å². The van der Waals surface area contributed by atoms with Gasteiger partial charge >= 0.3 is 12.1 Å². The van der Waals surface area contributed by atoms with Crippen molar-refractivity contribution in [2.24, 2.45) is 0 Å². The molecule has 0 aliphatic carbocycles. The van der Waals surface area contributed by atoms with E-state index in [4.69, 9.17) is 4.74 Å². The maximum Gasteiger partial charge on any atom is 0.416 e. The van der Waals surface area contributed by atoms with E-state index in [0.717, 1.165) is 18.9 Å². The van der Waals surface area contributed by atoms with Crippen molar-refractivity contribution >= 4 is 5.97 Å². The first-order valence-electron chi connectivity index (χ1n) is 6.86. The van der Waals surface area contributed by atoms with Crippen molar-refractivity contribution in [3.8, 4) is 0 Å². The summed E-state index contributed by atoms with van der Waals surface area (Å²) in [5, 5.41) is 9.88. The number of esters is 1. The monoisotopic (exact) mass is 304 g/mol. The van der Waals surface area contributed by atoms with Crippen LogP contribution in [-0.4, -0.2) is 17.7 Å². The Balaban J connectivity index is 2.60. The summed E-state index contributed by atoms with van der Waals surface area (Å²) < 4.78 is 43.3. The Morgan fingerprint density at radius 3 is 2.62 bits per heavy atom. The summed E-state index contributed by atoms with van der Waals surface area (Å²) in [7, 11) is 0. The molecule has 6 heteroatoms. The molecule has 0 fully saturated rings. The number of benzene rings is 1. The van der Waals surface area contributed by atoms with Crippen molar-refractivity contribution in [1.82, 2.24) is 0 Å². The van der Waals surface area contributed by atoms with Crippen molar-refractivity contribution in [3.63, 3.8) is 0 Å². The van der Waals surface area contributed by atoms with Crippen molar-refractivity contribution in [3.05, 3.63) is 35.4 Å². The summed E-state index contributed by atoms with van der Waals surface area (Å²) >= 11 is 0. The number of carbonyl (C=O) groups is 1. The van der Waals surface area contributed by atoms with Crippen LogP contribution >= 0.6 is 0 Å². The minimum absolute atomic E-state index is 0.0992. The molecule has 1 N–H and O–H groups in total. The fourth-order valence-electron chi connectivity index (χ4n) is 1.86. The third kappa shape index (κ3) is 5.75. The summed E-state index contributed by atoms with van der Waals surface area (Å²) in [5.74, 6) is -0.507. The van der Waals surface area contributed by atoms with Gasteiger partial charge in [-0.3, -0.25) is 4.79 Å². The van der Waals surface area contributed by atoms with E-state index in [2.05, 4.69) is 0 Å². The summed E-state index contributed by atoms with van der Waals surface area (Å²) in [4.78, 5) is 11.4. The highest BCUT2D eigenvalue weighted by atomic mass is 19.4. The van der Waals surface area contributed by atoms with E-state index < -0.39 is 23.8 Å². The Kier molecular flexibility index (Phi) is 6.68. The molecule has 0 saturated carbocycles. The highest BCUT2D eigenvalue weighted by Gasteiger charge is 2.34. The Hall–Kier alpha value is -1.56. The molecule has 0 amide bonds. The molecule has 21 heavy (non-hydrogen) atoms. The van der Waals surface area contributed by atoms with Gasteiger partial charge < -0.3 is 9.84 Å². The summed E-state index contributed by atoms with van der Waals surface area (Å²) in [6.45, 7) is 2.25. The molecule has 3 nitrogen and oxygen atoms in total. The van der Waals surface area contributed by atoms with Crippen LogP contribution in [0, 0.1) is 0 Å². The predicted molar refractivity (Wildman–Crippen MR) is 71.5 cm³/mol. The van der Waals surface area contributed by atoms with E-state index in [1.165, 1.54) is 18.2 Å². The van der Waals surface area contributed by atoms with E-state index in [-0.39, 0.29) is 18.4 Å². The van der Waals surface area contributed by atoms with Gasteiger partial charge in [0.25, 0.3) is 0 Å². The van der Waals surface area contributed by atoms with Crippen LogP contribution in [0.5, 0.6) is 0 Å². The first kappa shape index (κ1) is 17.5. The van der Waals surface area contributed by atoms with E-state index in [1.807, 2.05) is 6.92 Å². The van der Waals surface area contributed by atoms with Crippen molar-refractivity contribution in [2.75, 3.05) is 6.61 Å². The lowest BCUT2D eigenvalue weighted by Crippen LogP contribution is -2.13. The molecule has 1 unspecified atom stereocenters. The lowest BCUT2D eigenvalue weighted by atomic mass is 9.99. The Morgan fingerprint density at radius 2 is 2.00 bits per heavy atom. The van der Waals surface area contributed by atoms with Crippen LogP contribution < -0.4 is 0 Å². The molecule has 118 valence electrons. The lowest BCUT2D eigenvalue weighted by Gasteiger charge is -2.17. The van der Waals surface area contributed by atoms with Crippen molar-refractivity contribution < 1.29 is 27.8 Å². The summed E-state index contributed by atoms with van der Waals surface area (Å²) in [6, 6.07) is 4.82. The van der Waals surface area contributed by atoms with Gasteiger partial charge in [0.2, 0.25) is 0 Å². The zero-order chi connectivity index (χ0) is 15.9. The van der Waals surface area contributed by atoms with Gasteiger partial charge in [0.05, 0.1) is 18.3 Å². The summed E-state index contributed by atoms with van der Waals surface area (Å²) in [5.41, 5.74) is -1.09. The van der Waals surface area contributed by atoms with E-state index in [1.54, 1.807) is 0 Å². The largest absolute Gasteiger partial charge is 0.466 e. The Bertz CT molecular complexity index is 458. The molecule has 1 aromatic carbocycles. The SMILES string of the molecule is CCCCOC(=O)CCC(O)c1ccccc1C(F)(F)F. The number of carbonyl (C=O) groups excluding carboxylic acids is 1. The minimum atomic E-state index is -4.53. The number of alkyl halides is 3. The number of ether oxygens (including phenoxy) is 1. The van der Waals surface area contributed by atoms with Gasteiger partial charge in [-0.15, -0.1) is 0 Å². The molecule has 0 radical (unpaired) electrons. The van der Waals surface area contributed by atoms with E-state index in [0.29, 0.717) is 6.61 Å². The zero-order valence-electron chi connectivity index (χ0n) is 11.8. The number of aliphatic hydroxyl groups is 1. The number of aliphatic hydroxyl groups excluding tert-OH is 1. The average molecular weight is 304 g/mol. The normalized spacial score (nSPS) is 13.0. The second kappa shape index (κ2) is 8.02. The zero-order valence-corrected chi connectivity index (χ0v) is 11.8. The van der Waals surface area contributed by atoms with Crippen LogP contribution in [0.15, 0.2) is 24.3 Å². The van der Waals surface area contributed by atoms with Gasteiger partial charge in [0.1, 0.15) is 0 Å². The number of rotatable bonds is 7. The maximum absolute atomic E-state index is 12.8. The number of hydrogen-bond donors (Lipinski definition) is 1. The molecule has 0 heterocycles. The van der Waals surface area contributed by atoms with Gasteiger partial charge in [-0.05, 0) is 24.5 Å². The van der Waals surface area contributed by atoms with Gasteiger partial charge in [0.15, 0.2) is 0 Å². The van der Waals surface area contributed by atoms with Crippen LogP contribution in [0.3, 0.4) is 0 Å². The first-order chi connectivity index (χ1) is 9.86. The molecule has 0 saturated heterocycles. The molecule has 1 aromatic rings. The first-order valence-corrected chi connectivity index (χ1v) is 6.86. The molecule has 0 bridgehead atoms. The smallest absolute Gasteiger partial charge is 0.416 e. The van der Waals surface area contributed by atoms with E-state index in [9.17, 15) is 23.1 Å². The fraction of sp³-hybridized carbons (Fsp3) is 0.533. The van der Waals surface area contributed by atoms with E-state index >= 15 is 0 Å². The van der Waals surface area contributed by atoms with Crippen LogP contribution in [0.1, 0.15) is 49.8 Å². The predicted octanol–water partition coefficient (Wildman–Crippen LogP) is 3.86. The molecular formula is C15H19F3O3. The Labute approximate surface area is 121 Å². The number of hydrogen-bond acceptors (Lipinski definition) is 3. The van der Waals surface area contributed by atoms with Gasteiger partial charge in [-0.1, -0.05) is 31.5 Å². The molecule has 1 atom stereocenters. The standard InChI is InChI=1S/C15H19F3O3/c1-2-3-10-21-14(20)9-8-13(19)11-6-4-5-7-12(11)15(16,17)18/h4-7,13,19H,2-3,8-10H2,1H3. The van der Waals surface area contributed by atoms with Crippen molar-refractivity contribution in [1.29, 1.82) is 0 Å². The fourth-order valence-corrected chi connectivity index (χ4v) is 1.86. The quantitative estimate of drug-likeness (QED) is 0.614. The van der Waals surface area contributed by atoms with Crippen LogP contribution in [0.25, 0.3) is 0 Å². The average Bonchev–Trinajstić information content (AvgIpc) is 2.44. The highest BCUT2D eigenvalue weighted by Crippen LogP contribution is 2.35. The highest BCUT2D eigenvalue weighted by molar-refractivity contribution is 5.69. The van der Waals surface area contributed by atoms with Gasteiger partial charge in [-0.2, -0.15) is 13.2 Å². The van der Waals surface area contributed by atoms with Crippen LogP contribution in [-0.2, 0) is 15.7 Å². The number of halogens is 3. The lowest BCUT2D eigenvalue weighted by molar-refractivity contribution is -0.144. The molecule has 1 rings (SSSR count). The third-order valence-electron chi connectivity index (χ3n) is 3.01. The van der Waals surface area contributed by atoms with Gasteiger partial charge in [0, 0.05) is 6.42 Å². The van der Waals surface area contributed by atoms with Crippen LogP contribution in [0.2, 0.25) is 0 Å². The molecular weight excluding hydrogens is 285 g/mol. The van der Waals surface area contributed by atoms with Crippen LogP contribution in [0.4, 0.5) is 13.2 Å². The Morgan fingerprint density at radius 1 is 1.33 bits per heavy atom. The summed E-state index contributed by atoms with van der Waals surface area (Å²) in [6.07, 6.45) is -4.46. The molecule has 0 aromatic heterocycles.